The number of hydrogen-bond donors (Lipinski definition) is 3. The highest BCUT2D eigenvalue weighted by Gasteiger charge is 2.21. The van der Waals surface area contributed by atoms with E-state index < -0.39 is 15.9 Å². The smallest absolute Gasteiger partial charge is 0.224 e. The second-order valence-corrected chi connectivity index (χ2v) is 9.81. The van der Waals surface area contributed by atoms with E-state index in [0.29, 0.717) is 21.7 Å². The normalized spacial score (nSPS) is 12.4. The quantitative estimate of drug-likeness (QED) is 0.387. The Balaban J connectivity index is 1.87. The van der Waals surface area contributed by atoms with Crippen LogP contribution in [-0.4, -0.2) is 34.2 Å². The molecule has 0 aliphatic heterocycles. The molecule has 0 radical (unpaired) electrons. The summed E-state index contributed by atoms with van der Waals surface area (Å²) in [6, 6.07) is 9.77. The Bertz CT molecular complexity index is 1540. The summed E-state index contributed by atoms with van der Waals surface area (Å²) in [5.41, 5.74) is 13.5. The molecule has 168 valence electrons. The Morgan fingerprint density at radius 2 is 2.00 bits per heavy atom. The first kappa shape index (κ1) is 22.3. The highest BCUT2D eigenvalue weighted by molar-refractivity contribution is 7.90. The van der Waals surface area contributed by atoms with Gasteiger partial charge < -0.3 is 21.4 Å². The summed E-state index contributed by atoms with van der Waals surface area (Å²) in [7, 11) is -3.40. The van der Waals surface area contributed by atoms with E-state index in [1.807, 2.05) is 19.2 Å². The Hall–Kier alpha value is -3.88. The summed E-state index contributed by atoms with van der Waals surface area (Å²) >= 11 is 6.53. The number of pyridine rings is 1. The fourth-order valence-electron chi connectivity index (χ4n) is 3.53. The minimum absolute atomic E-state index is 0.0283. The van der Waals surface area contributed by atoms with Gasteiger partial charge in [0.2, 0.25) is 5.95 Å². The summed E-state index contributed by atoms with van der Waals surface area (Å²) in [5, 5.41) is 13.7. The first-order valence-corrected chi connectivity index (χ1v) is 11.9. The molecule has 4 aromatic rings. The first-order chi connectivity index (χ1) is 15.6. The molecule has 0 aliphatic rings. The number of nitriles is 1. The van der Waals surface area contributed by atoms with Gasteiger partial charge in [-0.05, 0) is 31.2 Å². The topological polar surface area (TPSA) is 166 Å². The minimum Gasteiger partial charge on any atom is -0.382 e. The third kappa shape index (κ3) is 4.13. The number of anilines is 3. The molecule has 10 nitrogen and oxygen atoms in total. The molecule has 0 spiro atoms. The summed E-state index contributed by atoms with van der Waals surface area (Å²) in [4.78, 5) is 12.6. The van der Waals surface area contributed by atoms with Crippen molar-refractivity contribution in [2.75, 3.05) is 23.0 Å². The number of rotatable bonds is 5. The highest BCUT2D eigenvalue weighted by atomic mass is 35.5. The van der Waals surface area contributed by atoms with Crippen LogP contribution in [0.5, 0.6) is 0 Å². The van der Waals surface area contributed by atoms with Gasteiger partial charge in [0, 0.05) is 35.3 Å². The molecule has 33 heavy (non-hydrogen) atoms. The molecule has 0 saturated heterocycles. The fourth-order valence-corrected chi connectivity index (χ4v) is 4.44. The van der Waals surface area contributed by atoms with Crippen LogP contribution in [-0.2, 0) is 9.84 Å². The number of sulfone groups is 1. The number of aromatic nitrogens is 4. The molecule has 12 heteroatoms. The number of benzene rings is 1. The van der Waals surface area contributed by atoms with Crippen LogP contribution in [0.25, 0.3) is 16.7 Å². The third-order valence-corrected chi connectivity index (χ3v) is 6.50. The lowest BCUT2D eigenvalue weighted by Crippen LogP contribution is -2.13. The molecule has 0 saturated carbocycles. The SMILES string of the molecule is C[C@H](Nc1nc(N)nc(N)c1C#N)c1cn(-c2cccc(S(C)(=O)=O)c2)c2nccc(Cl)c12. The largest absolute Gasteiger partial charge is 0.382 e. The molecule has 0 aliphatic carbocycles. The second kappa shape index (κ2) is 8.23. The average Bonchev–Trinajstić information content (AvgIpc) is 3.14. The van der Waals surface area contributed by atoms with Gasteiger partial charge in [0.05, 0.1) is 16.0 Å². The average molecular weight is 483 g/mol. The Morgan fingerprint density at radius 1 is 1.24 bits per heavy atom. The van der Waals surface area contributed by atoms with Gasteiger partial charge in [0.25, 0.3) is 0 Å². The van der Waals surface area contributed by atoms with E-state index in [9.17, 15) is 13.7 Å². The van der Waals surface area contributed by atoms with E-state index in [1.165, 1.54) is 6.07 Å². The fraction of sp³-hybridized carbons (Fsp3) is 0.143. The molecule has 0 bridgehead atoms. The van der Waals surface area contributed by atoms with Gasteiger partial charge in [-0.1, -0.05) is 17.7 Å². The van der Waals surface area contributed by atoms with Crippen LogP contribution in [0.4, 0.5) is 17.6 Å². The zero-order valence-corrected chi connectivity index (χ0v) is 19.2. The van der Waals surface area contributed by atoms with Crippen molar-refractivity contribution in [3.63, 3.8) is 0 Å². The number of hydrogen-bond acceptors (Lipinski definition) is 9. The maximum absolute atomic E-state index is 12.1. The summed E-state index contributed by atoms with van der Waals surface area (Å²) < 4.78 is 25.9. The molecule has 0 fully saturated rings. The molecule has 3 heterocycles. The molecule has 1 aromatic carbocycles. The van der Waals surface area contributed by atoms with Crippen LogP contribution in [0.1, 0.15) is 24.1 Å². The van der Waals surface area contributed by atoms with Crippen LogP contribution < -0.4 is 16.8 Å². The number of nitrogens with zero attached hydrogens (tertiary/aromatic N) is 5. The molecule has 5 N–H and O–H groups in total. The maximum Gasteiger partial charge on any atom is 0.224 e. The van der Waals surface area contributed by atoms with Crippen molar-refractivity contribution in [2.45, 2.75) is 17.9 Å². The van der Waals surface area contributed by atoms with E-state index in [1.54, 1.807) is 35.0 Å². The Morgan fingerprint density at radius 3 is 2.70 bits per heavy atom. The van der Waals surface area contributed by atoms with Crippen molar-refractivity contribution in [2.24, 2.45) is 0 Å². The molecule has 0 unspecified atom stereocenters. The highest BCUT2D eigenvalue weighted by Crippen LogP contribution is 2.35. The lowest BCUT2D eigenvalue weighted by atomic mass is 10.1. The van der Waals surface area contributed by atoms with E-state index in [-0.39, 0.29) is 28.0 Å². The molecule has 0 amide bonds. The molecular formula is C21H19ClN8O2S. The van der Waals surface area contributed by atoms with Gasteiger partial charge in [-0.2, -0.15) is 15.2 Å². The van der Waals surface area contributed by atoms with E-state index in [4.69, 9.17) is 23.1 Å². The monoisotopic (exact) mass is 482 g/mol. The Kier molecular flexibility index (Phi) is 5.57. The zero-order chi connectivity index (χ0) is 23.9. The standard InChI is InChI=1S/C21H19ClN8O2S/c1-11(27-19-14(9-23)18(24)28-21(25)29-19)15-10-30(20-17(15)16(22)6-7-26-20)12-4-3-5-13(8-12)33(2,31)32/h3-8,10-11H,1-2H3,(H5,24,25,27,28,29)/t11-/m0/s1. The van der Waals surface area contributed by atoms with Gasteiger partial charge in [-0.15, -0.1) is 0 Å². The van der Waals surface area contributed by atoms with E-state index in [0.717, 1.165) is 11.8 Å². The van der Waals surface area contributed by atoms with Crippen LogP contribution in [0.2, 0.25) is 5.02 Å². The van der Waals surface area contributed by atoms with Gasteiger partial charge in [-0.3, -0.25) is 0 Å². The summed E-state index contributed by atoms with van der Waals surface area (Å²) in [5.74, 6) is 0.0929. The number of nitrogens with one attached hydrogen (secondary N) is 1. The minimum atomic E-state index is -3.40. The number of nitrogen functional groups attached to an aromatic ring is 2. The van der Waals surface area contributed by atoms with Crippen molar-refractivity contribution in [3.05, 3.63) is 58.9 Å². The van der Waals surface area contributed by atoms with Crippen LogP contribution in [0.3, 0.4) is 0 Å². The molecule has 1 atom stereocenters. The van der Waals surface area contributed by atoms with Gasteiger partial charge in [0.1, 0.15) is 23.1 Å². The van der Waals surface area contributed by atoms with Crippen molar-refractivity contribution >= 4 is 50.1 Å². The van der Waals surface area contributed by atoms with Crippen molar-refractivity contribution in [1.29, 1.82) is 5.26 Å². The molecular weight excluding hydrogens is 464 g/mol. The van der Waals surface area contributed by atoms with Crippen LogP contribution >= 0.6 is 11.6 Å². The van der Waals surface area contributed by atoms with E-state index >= 15 is 0 Å². The molecule has 3 aromatic heterocycles. The van der Waals surface area contributed by atoms with Crippen LogP contribution in [0, 0.1) is 11.3 Å². The molecule has 4 rings (SSSR count). The predicted molar refractivity (Wildman–Crippen MR) is 127 cm³/mol. The van der Waals surface area contributed by atoms with Gasteiger partial charge in [-0.25, -0.2) is 13.4 Å². The van der Waals surface area contributed by atoms with Crippen molar-refractivity contribution in [3.8, 4) is 11.8 Å². The Labute approximate surface area is 194 Å². The lowest BCUT2D eigenvalue weighted by Gasteiger charge is -2.16. The maximum atomic E-state index is 12.1. The van der Waals surface area contributed by atoms with Gasteiger partial charge in [0.15, 0.2) is 15.7 Å². The number of nitrogens with two attached hydrogens (primary N) is 2. The second-order valence-electron chi connectivity index (χ2n) is 7.38. The summed E-state index contributed by atoms with van der Waals surface area (Å²) in [6.07, 6.45) is 4.53. The predicted octanol–water partition coefficient (Wildman–Crippen LogP) is 3.08. The third-order valence-electron chi connectivity index (χ3n) is 5.07. The van der Waals surface area contributed by atoms with Crippen LogP contribution in [0.15, 0.2) is 47.6 Å². The number of halogens is 1. The van der Waals surface area contributed by atoms with Gasteiger partial charge >= 0.3 is 0 Å². The number of fused-ring (bicyclic) bond motifs is 1. The zero-order valence-electron chi connectivity index (χ0n) is 17.6. The lowest BCUT2D eigenvalue weighted by molar-refractivity contribution is 0.602. The van der Waals surface area contributed by atoms with E-state index in [2.05, 4.69) is 20.3 Å². The summed E-state index contributed by atoms with van der Waals surface area (Å²) in [6.45, 7) is 1.85. The van der Waals surface area contributed by atoms with Crippen molar-refractivity contribution < 1.29 is 8.42 Å². The first-order valence-electron chi connectivity index (χ1n) is 9.65. The van der Waals surface area contributed by atoms with Crippen molar-refractivity contribution in [1.82, 2.24) is 19.5 Å².